The van der Waals surface area contributed by atoms with Gasteiger partial charge in [0.1, 0.15) is 5.82 Å². The number of nitrogens with zero attached hydrogens (tertiary/aromatic N) is 1. The molecule has 2 aromatic rings. The first-order chi connectivity index (χ1) is 9.39. The van der Waals surface area contributed by atoms with Crippen LogP contribution < -0.4 is 5.56 Å². The molecule has 0 aliphatic carbocycles. The minimum atomic E-state index is -3.69. The standard InChI is InChI=1S/C13H13FN2O3S/c1-16(9-10-2-4-11(14)5-3-10)20(18,19)12-6-7-13(17)15-8-12/h2-8H,9H2,1H3,(H,15,17). The maximum atomic E-state index is 12.8. The van der Waals surface area contributed by atoms with Crippen molar-refractivity contribution < 1.29 is 12.8 Å². The van der Waals surface area contributed by atoms with E-state index >= 15 is 0 Å². The zero-order valence-electron chi connectivity index (χ0n) is 10.7. The van der Waals surface area contributed by atoms with E-state index in [0.717, 1.165) is 16.6 Å². The zero-order valence-corrected chi connectivity index (χ0v) is 11.5. The van der Waals surface area contributed by atoms with E-state index in [1.54, 1.807) is 0 Å². The SMILES string of the molecule is CN(Cc1ccc(F)cc1)S(=O)(=O)c1ccc(=O)[nH]c1. The smallest absolute Gasteiger partial charge is 0.247 e. The molecule has 5 nitrogen and oxygen atoms in total. The van der Waals surface area contributed by atoms with Crippen LogP contribution in [0.5, 0.6) is 0 Å². The largest absolute Gasteiger partial charge is 0.328 e. The molecule has 0 bridgehead atoms. The number of pyridine rings is 1. The summed E-state index contributed by atoms with van der Waals surface area (Å²) in [5.41, 5.74) is 0.298. The summed E-state index contributed by atoms with van der Waals surface area (Å²) < 4.78 is 38.4. The molecule has 0 fully saturated rings. The fourth-order valence-electron chi connectivity index (χ4n) is 1.67. The van der Waals surface area contributed by atoms with Crippen molar-refractivity contribution in [1.29, 1.82) is 0 Å². The van der Waals surface area contributed by atoms with Crippen LogP contribution in [0.3, 0.4) is 0 Å². The molecule has 106 valence electrons. The number of hydrogen-bond donors (Lipinski definition) is 1. The molecule has 0 atom stereocenters. The van der Waals surface area contributed by atoms with Crippen LogP contribution in [0.2, 0.25) is 0 Å². The summed E-state index contributed by atoms with van der Waals surface area (Å²) in [5, 5.41) is 0. The summed E-state index contributed by atoms with van der Waals surface area (Å²) in [6.45, 7) is 0.113. The molecule has 20 heavy (non-hydrogen) atoms. The van der Waals surface area contributed by atoms with Gasteiger partial charge in [-0.3, -0.25) is 4.79 Å². The van der Waals surface area contributed by atoms with Crippen LogP contribution in [0, 0.1) is 5.82 Å². The molecular formula is C13H13FN2O3S. The quantitative estimate of drug-likeness (QED) is 0.925. The van der Waals surface area contributed by atoms with Crippen LogP contribution in [0.25, 0.3) is 0 Å². The van der Waals surface area contributed by atoms with Gasteiger partial charge in [0.05, 0.1) is 4.90 Å². The van der Waals surface area contributed by atoms with E-state index in [9.17, 15) is 17.6 Å². The molecule has 0 aliphatic rings. The van der Waals surface area contributed by atoms with E-state index in [-0.39, 0.29) is 22.8 Å². The van der Waals surface area contributed by atoms with Crippen molar-refractivity contribution in [1.82, 2.24) is 9.29 Å². The Labute approximate surface area is 115 Å². The summed E-state index contributed by atoms with van der Waals surface area (Å²) in [7, 11) is -2.27. The third kappa shape index (κ3) is 3.12. The Kier molecular flexibility index (Phi) is 4.01. The maximum absolute atomic E-state index is 12.8. The summed E-state index contributed by atoms with van der Waals surface area (Å²) >= 11 is 0. The Bertz CT molecular complexity index is 733. The van der Waals surface area contributed by atoms with E-state index in [1.807, 2.05) is 0 Å². The number of H-pyrrole nitrogens is 1. The van der Waals surface area contributed by atoms with Gasteiger partial charge in [0.25, 0.3) is 0 Å². The predicted molar refractivity (Wildman–Crippen MR) is 72.1 cm³/mol. The lowest BCUT2D eigenvalue weighted by molar-refractivity contribution is 0.466. The number of aromatic nitrogens is 1. The van der Waals surface area contributed by atoms with Gasteiger partial charge < -0.3 is 4.98 Å². The highest BCUT2D eigenvalue weighted by molar-refractivity contribution is 7.89. The van der Waals surface area contributed by atoms with Gasteiger partial charge in [-0.1, -0.05) is 12.1 Å². The van der Waals surface area contributed by atoms with E-state index in [0.29, 0.717) is 5.56 Å². The van der Waals surface area contributed by atoms with Gasteiger partial charge in [-0.2, -0.15) is 4.31 Å². The average Bonchev–Trinajstić information content (AvgIpc) is 2.42. The maximum Gasteiger partial charge on any atom is 0.247 e. The van der Waals surface area contributed by atoms with Crippen molar-refractivity contribution in [3.8, 4) is 0 Å². The van der Waals surface area contributed by atoms with Gasteiger partial charge >= 0.3 is 0 Å². The van der Waals surface area contributed by atoms with Crippen LogP contribution in [0.4, 0.5) is 4.39 Å². The van der Waals surface area contributed by atoms with Crippen molar-refractivity contribution in [3.63, 3.8) is 0 Å². The highest BCUT2D eigenvalue weighted by atomic mass is 32.2. The highest BCUT2D eigenvalue weighted by Crippen LogP contribution is 2.15. The van der Waals surface area contributed by atoms with Gasteiger partial charge in [0.2, 0.25) is 15.6 Å². The average molecular weight is 296 g/mol. The third-order valence-corrected chi connectivity index (χ3v) is 4.58. The second-order valence-corrected chi connectivity index (χ2v) is 6.32. The van der Waals surface area contributed by atoms with Crippen LogP contribution in [0.15, 0.2) is 52.3 Å². The number of rotatable bonds is 4. The van der Waals surface area contributed by atoms with Crippen LogP contribution in [-0.2, 0) is 16.6 Å². The molecule has 0 radical (unpaired) electrons. The summed E-state index contributed by atoms with van der Waals surface area (Å²) in [6.07, 6.45) is 1.15. The Balaban J connectivity index is 2.23. The summed E-state index contributed by atoms with van der Waals surface area (Å²) in [4.78, 5) is 13.3. The van der Waals surface area contributed by atoms with Gasteiger partial charge in [0, 0.05) is 25.9 Å². The molecule has 0 amide bonds. The molecule has 1 heterocycles. The molecule has 2 rings (SSSR count). The number of halogens is 1. The molecule has 0 saturated carbocycles. The van der Waals surface area contributed by atoms with Gasteiger partial charge in [-0.25, -0.2) is 12.8 Å². The summed E-state index contributed by atoms with van der Waals surface area (Å²) in [6, 6.07) is 7.99. The van der Waals surface area contributed by atoms with E-state index in [1.165, 1.54) is 37.4 Å². The van der Waals surface area contributed by atoms with Gasteiger partial charge in [-0.15, -0.1) is 0 Å². The van der Waals surface area contributed by atoms with Gasteiger partial charge in [-0.05, 0) is 23.8 Å². The molecule has 0 aliphatic heterocycles. The summed E-state index contributed by atoms with van der Waals surface area (Å²) in [5.74, 6) is -0.375. The number of aromatic amines is 1. The van der Waals surface area contributed by atoms with E-state index < -0.39 is 10.0 Å². The van der Waals surface area contributed by atoms with Crippen molar-refractivity contribution in [2.24, 2.45) is 0 Å². The predicted octanol–water partition coefficient (Wildman–Crippen LogP) is 1.33. The Morgan fingerprint density at radius 3 is 2.35 bits per heavy atom. The van der Waals surface area contributed by atoms with E-state index in [2.05, 4.69) is 4.98 Å². The van der Waals surface area contributed by atoms with Crippen LogP contribution >= 0.6 is 0 Å². The van der Waals surface area contributed by atoms with Crippen LogP contribution in [0.1, 0.15) is 5.56 Å². The zero-order chi connectivity index (χ0) is 14.8. The monoisotopic (exact) mass is 296 g/mol. The lowest BCUT2D eigenvalue weighted by atomic mass is 10.2. The second kappa shape index (κ2) is 5.56. The number of hydrogen-bond acceptors (Lipinski definition) is 3. The van der Waals surface area contributed by atoms with E-state index in [4.69, 9.17) is 0 Å². The Hall–Kier alpha value is -1.99. The molecule has 1 aromatic heterocycles. The molecule has 1 aromatic carbocycles. The third-order valence-electron chi connectivity index (χ3n) is 2.78. The molecule has 0 saturated heterocycles. The fourth-order valence-corrected chi connectivity index (χ4v) is 2.80. The lowest BCUT2D eigenvalue weighted by Gasteiger charge is -2.17. The fraction of sp³-hybridized carbons (Fsp3) is 0.154. The number of benzene rings is 1. The molecular weight excluding hydrogens is 283 g/mol. The highest BCUT2D eigenvalue weighted by Gasteiger charge is 2.20. The normalized spacial score (nSPS) is 11.8. The van der Waals surface area contributed by atoms with Gasteiger partial charge in [0.15, 0.2) is 0 Å². The number of nitrogens with one attached hydrogen (secondary N) is 1. The Morgan fingerprint density at radius 2 is 1.80 bits per heavy atom. The Morgan fingerprint density at radius 1 is 1.15 bits per heavy atom. The van der Waals surface area contributed by atoms with Crippen LogP contribution in [-0.4, -0.2) is 24.8 Å². The second-order valence-electron chi connectivity index (χ2n) is 4.28. The lowest BCUT2D eigenvalue weighted by Crippen LogP contribution is -2.27. The molecule has 1 N–H and O–H groups in total. The number of sulfonamides is 1. The van der Waals surface area contributed by atoms with Crippen molar-refractivity contribution >= 4 is 10.0 Å². The molecule has 0 spiro atoms. The van der Waals surface area contributed by atoms with Crippen molar-refractivity contribution in [3.05, 3.63) is 64.3 Å². The molecule has 7 heteroatoms. The topological polar surface area (TPSA) is 70.2 Å². The first kappa shape index (κ1) is 14.4. The first-order valence-electron chi connectivity index (χ1n) is 5.79. The van der Waals surface area contributed by atoms with Crippen molar-refractivity contribution in [2.75, 3.05) is 7.05 Å². The minimum absolute atomic E-state index is 0.00158. The minimum Gasteiger partial charge on any atom is -0.328 e. The van der Waals surface area contributed by atoms with Crippen molar-refractivity contribution in [2.45, 2.75) is 11.4 Å². The first-order valence-corrected chi connectivity index (χ1v) is 7.23. The molecule has 0 unspecified atom stereocenters.